The number of hydrogen-bond acceptors (Lipinski definition) is 4. The fourth-order valence-corrected chi connectivity index (χ4v) is 2.81. The number of likely N-dealkylation sites (N-methyl/N-ethyl adjacent to an activating group) is 1. The van der Waals surface area contributed by atoms with Crippen LogP contribution in [0.2, 0.25) is 0 Å². The van der Waals surface area contributed by atoms with Gasteiger partial charge in [-0.3, -0.25) is 4.90 Å². The molecule has 3 rings (SSSR count). The SMILES string of the molecule is CNC1CN(C2COc3c(C(C)(C)C)cnn3C2)C1. The summed E-state index contributed by atoms with van der Waals surface area (Å²) in [6.45, 7) is 10.6. The zero-order valence-corrected chi connectivity index (χ0v) is 12.3. The molecule has 0 bridgehead atoms. The summed E-state index contributed by atoms with van der Waals surface area (Å²) in [6.07, 6.45) is 1.96. The van der Waals surface area contributed by atoms with Crippen LogP contribution in [0.5, 0.6) is 5.88 Å². The molecule has 5 nitrogen and oxygen atoms in total. The number of aromatic nitrogens is 2. The number of fused-ring (bicyclic) bond motifs is 1. The summed E-state index contributed by atoms with van der Waals surface area (Å²) in [5, 5.41) is 7.81. The predicted molar refractivity (Wildman–Crippen MR) is 74.6 cm³/mol. The van der Waals surface area contributed by atoms with E-state index in [-0.39, 0.29) is 5.41 Å². The Labute approximate surface area is 114 Å². The monoisotopic (exact) mass is 264 g/mol. The van der Waals surface area contributed by atoms with E-state index in [1.807, 2.05) is 17.9 Å². The van der Waals surface area contributed by atoms with Crippen molar-refractivity contribution in [3.8, 4) is 5.88 Å². The molecule has 19 heavy (non-hydrogen) atoms. The summed E-state index contributed by atoms with van der Waals surface area (Å²) in [5.74, 6) is 0.967. The molecule has 2 aliphatic heterocycles. The molecule has 0 radical (unpaired) electrons. The van der Waals surface area contributed by atoms with Crippen LogP contribution < -0.4 is 10.1 Å². The van der Waals surface area contributed by atoms with Crippen LogP contribution in [-0.2, 0) is 12.0 Å². The summed E-state index contributed by atoms with van der Waals surface area (Å²) in [5.41, 5.74) is 1.30. The first-order valence-electron chi connectivity index (χ1n) is 7.09. The number of ether oxygens (including phenoxy) is 1. The van der Waals surface area contributed by atoms with Gasteiger partial charge in [0, 0.05) is 24.7 Å². The molecule has 0 aliphatic carbocycles. The zero-order valence-electron chi connectivity index (χ0n) is 12.3. The van der Waals surface area contributed by atoms with Crippen LogP contribution in [0.25, 0.3) is 0 Å². The number of rotatable bonds is 2. The van der Waals surface area contributed by atoms with Gasteiger partial charge in [0.1, 0.15) is 6.61 Å². The van der Waals surface area contributed by atoms with Gasteiger partial charge in [0.15, 0.2) is 0 Å². The van der Waals surface area contributed by atoms with Crippen molar-refractivity contribution in [3.63, 3.8) is 0 Å². The van der Waals surface area contributed by atoms with Gasteiger partial charge in [0.2, 0.25) is 5.88 Å². The topological polar surface area (TPSA) is 42.3 Å². The molecule has 0 amide bonds. The van der Waals surface area contributed by atoms with Gasteiger partial charge in [-0.2, -0.15) is 5.10 Å². The molecule has 1 aromatic heterocycles. The Bertz CT molecular complexity index is 457. The normalized spacial score (nSPS) is 24.7. The first-order valence-corrected chi connectivity index (χ1v) is 7.09. The van der Waals surface area contributed by atoms with Gasteiger partial charge in [-0.25, -0.2) is 4.68 Å². The maximum atomic E-state index is 6.00. The Kier molecular flexibility index (Phi) is 3.06. The third kappa shape index (κ3) is 2.25. The fourth-order valence-electron chi connectivity index (χ4n) is 2.81. The van der Waals surface area contributed by atoms with E-state index in [9.17, 15) is 0 Å². The first-order chi connectivity index (χ1) is 8.99. The van der Waals surface area contributed by atoms with E-state index < -0.39 is 0 Å². The Balaban J connectivity index is 1.70. The van der Waals surface area contributed by atoms with Crippen LogP contribution in [0, 0.1) is 0 Å². The van der Waals surface area contributed by atoms with Crippen LogP contribution >= 0.6 is 0 Å². The van der Waals surface area contributed by atoms with Gasteiger partial charge in [-0.15, -0.1) is 0 Å². The first kappa shape index (κ1) is 12.9. The minimum Gasteiger partial charge on any atom is -0.476 e. The van der Waals surface area contributed by atoms with Crippen molar-refractivity contribution in [3.05, 3.63) is 11.8 Å². The maximum Gasteiger partial charge on any atom is 0.215 e. The lowest BCUT2D eigenvalue weighted by molar-refractivity contribution is 0.0215. The van der Waals surface area contributed by atoms with Crippen molar-refractivity contribution >= 4 is 0 Å². The van der Waals surface area contributed by atoms with Crippen LogP contribution in [0.3, 0.4) is 0 Å². The van der Waals surface area contributed by atoms with Gasteiger partial charge >= 0.3 is 0 Å². The van der Waals surface area contributed by atoms with Crippen LogP contribution in [0.15, 0.2) is 6.20 Å². The number of nitrogens with one attached hydrogen (secondary N) is 1. The highest BCUT2D eigenvalue weighted by atomic mass is 16.5. The summed E-state index contributed by atoms with van der Waals surface area (Å²) < 4.78 is 8.03. The Morgan fingerprint density at radius 2 is 2.05 bits per heavy atom. The number of hydrogen-bond donors (Lipinski definition) is 1. The van der Waals surface area contributed by atoms with Crippen LogP contribution in [0.4, 0.5) is 0 Å². The smallest absolute Gasteiger partial charge is 0.215 e. The van der Waals surface area contributed by atoms with Crippen LogP contribution in [-0.4, -0.2) is 53.5 Å². The average Bonchev–Trinajstić information content (AvgIpc) is 2.70. The van der Waals surface area contributed by atoms with Crippen LogP contribution in [0.1, 0.15) is 26.3 Å². The van der Waals surface area contributed by atoms with Gasteiger partial charge < -0.3 is 10.1 Å². The lowest BCUT2D eigenvalue weighted by Gasteiger charge is -2.45. The van der Waals surface area contributed by atoms with Crippen molar-refractivity contribution in [2.75, 3.05) is 26.7 Å². The molecule has 1 unspecified atom stereocenters. The van der Waals surface area contributed by atoms with E-state index in [2.05, 4.69) is 36.1 Å². The lowest BCUT2D eigenvalue weighted by Crippen LogP contribution is -2.62. The summed E-state index contributed by atoms with van der Waals surface area (Å²) in [6, 6.07) is 1.11. The second-order valence-electron chi connectivity index (χ2n) is 6.70. The van der Waals surface area contributed by atoms with Gasteiger partial charge in [0.25, 0.3) is 0 Å². The lowest BCUT2D eigenvalue weighted by atomic mass is 9.89. The van der Waals surface area contributed by atoms with Crippen molar-refractivity contribution in [2.45, 2.75) is 44.8 Å². The maximum absolute atomic E-state index is 6.00. The van der Waals surface area contributed by atoms with Gasteiger partial charge in [0.05, 0.1) is 18.8 Å². The highest BCUT2D eigenvalue weighted by Crippen LogP contribution is 2.33. The van der Waals surface area contributed by atoms with E-state index >= 15 is 0 Å². The molecular formula is C14H24N4O. The van der Waals surface area contributed by atoms with Crippen molar-refractivity contribution in [1.82, 2.24) is 20.0 Å². The predicted octanol–water partition coefficient (Wildman–Crippen LogP) is 0.845. The number of likely N-dealkylation sites (tertiary alicyclic amines) is 1. The van der Waals surface area contributed by atoms with E-state index in [4.69, 9.17) is 4.74 Å². The molecule has 0 saturated carbocycles. The molecule has 2 aliphatic rings. The van der Waals surface area contributed by atoms with E-state index in [1.165, 1.54) is 5.56 Å². The fraction of sp³-hybridized carbons (Fsp3) is 0.786. The summed E-state index contributed by atoms with van der Waals surface area (Å²) in [7, 11) is 2.03. The standard InChI is InChI=1S/C14H24N4O/c1-14(2,3)12-5-16-18-8-11(9-19-13(12)18)17-6-10(7-17)15-4/h5,10-11,15H,6-9H2,1-4H3. The molecule has 1 fully saturated rings. The molecule has 1 aromatic rings. The molecule has 1 N–H and O–H groups in total. The largest absolute Gasteiger partial charge is 0.476 e. The summed E-state index contributed by atoms with van der Waals surface area (Å²) >= 11 is 0. The second kappa shape index (κ2) is 4.49. The molecule has 0 spiro atoms. The molecule has 5 heteroatoms. The quantitative estimate of drug-likeness (QED) is 0.860. The van der Waals surface area contributed by atoms with Crippen molar-refractivity contribution in [1.29, 1.82) is 0 Å². The highest BCUT2D eigenvalue weighted by Gasteiger charge is 2.36. The van der Waals surface area contributed by atoms with E-state index in [0.717, 1.165) is 32.1 Å². The third-order valence-corrected chi connectivity index (χ3v) is 4.23. The van der Waals surface area contributed by atoms with E-state index in [0.29, 0.717) is 12.1 Å². The molecule has 106 valence electrons. The minimum atomic E-state index is 0.0917. The Hall–Kier alpha value is -1.07. The number of nitrogens with zero attached hydrogens (tertiary/aromatic N) is 3. The minimum absolute atomic E-state index is 0.0917. The summed E-state index contributed by atoms with van der Waals surface area (Å²) in [4.78, 5) is 2.47. The Morgan fingerprint density at radius 3 is 2.68 bits per heavy atom. The Morgan fingerprint density at radius 1 is 1.32 bits per heavy atom. The second-order valence-corrected chi connectivity index (χ2v) is 6.70. The molecule has 1 atom stereocenters. The average molecular weight is 264 g/mol. The van der Waals surface area contributed by atoms with Gasteiger partial charge in [-0.05, 0) is 12.5 Å². The zero-order chi connectivity index (χ0) is 13.6. The third-order valence-electron chi connectivity index (χ3n) is 4.23. The molecular weight excluding hydrogens is 240 g/mol. The van der Waals surface area contributed by atoms with Gasteiger partial charge in [-0.1, -0.05) is 20.8 Å². The highest BCUT2D eigenvalue weighted by molar-refractivity contribution is 5.32. The van der Waals surface area contributed by atoms with Crippen molar-refractivity contribution in [2.24, 2.45) is 0 Å². The van der Waals surface area contributed by atoms with E-state index in [1.54, 1.807) is 0 Å². The molecule has 0 aromatic carbocycles. The molecule has 1 saturated heterocycles. The molecule has 3 heterocycles. The van der Waals surface area contributed by atoms with Crippen molar-refractivity contribution < 1.29 is 4.74 Å².